The first kappa shape index (κ1) is 16.3. The Hall–Kier alpha value is -1.06. The summed E-state index contributed by atoms with van der Waals surface area (Å²) in [5.41, 5.74) is 2.88. The third kappa shape index (κ3) is 3.24. The summed E-state index contributed by atoms with van der Waals surface area (Å²) in [6.45, 7) is 4.07. The molecule has 3 rings (SSSR count). The molecule has 1 saturated heterocycles. The second-order valence-electron chi connectivity index (χ2n) is 6.32. The van der Waals surface area contributed by atoms with E-state index < -0.39 is 0 Å². The monoisotopic (exact) mass is 308 g/mol. The predicted octanol–water partition coefficient (Wildman–Crippen LogP) is 2.28. The van der Waals surface area contributed by atoms with Crippen molar-refractivity contribution in [2.75, 3.05) is 20.1 Å². The van der Waals surface area contributed by atoms with Crippen molar-refractivity contribution < 1.29 is 4.79 Å². The highest BCUT2D eigenvalue weighted by Gasteiger charge is 2.33. The molecule has 1 N–H and O–H groups in total. The molecule has 3 nitrogen and oxygen atoms in total. The van der Waals surface area contributed by atoms with Crippen LogP contribution in [0.3, 0.4) is 0 Å². The average Bonchev–Trinajstić information content (AvgIpc) is 2.43. The van der Waals surface area contributed by atoms with E-state index in [1.807, 2.05) is 11.9 Å². The lowest BCUT2D eigenvalue weighted by atomic mass is 9.85. The zero-order valence-electron chi connectivity index (χ0n) is 12.8. The van der Waals surface area contributed by atoms with E-state index in [4.69, 9.17) is 0 Å². The smallest absolute Gasteiger partial charge is 0.225 e. The molecule has 2 atom stereocenters. The quantitative estimate of drug-likeness (QED) is 0.929. The second-order valence-corrected chi connectivity index (χ2v) is 6.32. The van der Waals surface area contributed by atoms with Gasteiger partial charge in [-0.2, -0.15) is 0 Å². The highest BCUT2D eigenvalue weighted by molar-refractivity contribution is 5.85. The van der Waals surface area contributed by atoms with Crippen LogP contribution in [0.2, 0.25) is 0 Å². The normalized spacial score (nSPS) is 22.5. The van der Waals surface area contributed by atoms with E-state index in [0.29, 0.717) is 17.9 Å². The maximum Gasteiger partial charge on any atom is 0.225 e. The van der Waals surface area contributed by atoms with Crippen LogP contribution in [0.15, 0.2) is 24.3 Å². The van der Waals surface area contributed by atoms with Gasteiger partial charge in [0.25, 0.3) is 0 Å². The number of amides is 1. The van der Waals surface area contributed by atoms with Crippen LogP contribution in [-0.4, -0.2) is 37.0 Å². The lowest BCUT2D eigenvalue weighted by molar-refractivity contribution is -0.138. The number of rotatable bonds is 3. The van der Waals surface area contributed by atoms with Crippen molar-refractivity contribution in [2.45, 2.75) is 32.2 Å². The molecule has 1 aromatic carbocycles. The zero-order chi connectivity index (χ0) is 14.1. The predicted molar refractivity (Wildman–Crippen MR) is 87.8 cm³/mol. The molecule has 0 saturated carbocycles. The van der Waals surface area contributed by atoms with Crippen molar-refractivity contribution in [1.82, 2.24) is 10.2 Å². The van der Waals surface area contributed by atoms with E-state index in [-0.39, 0.29) is 18.3 Å². The molecule has 0 aromatic heterocycles. The van der Waals surface area contributed by atoms with Crippen LogP contribution in [0, 0.1) is 11.8 Å². The standard InChI is InChI=1S/C17H24N2O.ClH/c1-12(15-10-18-11-15)17(20)19(2)16-8-7-13-5-3-4-6-14(13)9-16;/h3-6,12,15-16,18H,7-11H2,1-2H3;1H. The van der Waals surface area contributed by atoms with E-state index in [2.05, 4.69) is 36.5 Å². The minimum Gasteiger partial charge on any atom is -0.342 e. The summed E-state index contributed by atoms with van der Waals surface area (Å²) in [6, 6.07) is 9.01. The molecule has 1 amide bonds. The van der Waals surface area contributed by atoms with Crippen molar-refractivity contribution in [1.29, 1.82) is 0 Å². The maximum absolute atomic E-state index is 12.6. The van der Waals surface area contributed by atoms with Crippen LogP contribution in [0.25, 0.3) is 0 Å². The van der Waals surface area contributed by atoms with Gasteiger partial charge in [0.15, 0.2) is 0 Å². The molecule has 2 unspecified atom stereocenters. The van der Waals surface area contributed by atoms with Gasteiger partial charge in [0.05, 0.1) is 0 Å². The van der Waals surface area contributed by atoms with Crippen molar-refractivity contribution in [3.63, 3.8) is 0 Å². The second kappa shape index (κ2) is 6.80. The van der Waals surface area contributed by atoms with Crippen LogP contribution in [0.1, 0.15) is 24.5 Å². The lowest BCUT2D eigenvalue weighted by Crippen LogP contribution is -2.52. The summed E-state index contributed by atoms with van der Waals surface area (Å²) in [4.78, 5) is 14.6. The topological polar surface area (TPSA) is 32.3 Å². The van der Waals surface area contributed by atoms with Crippen LogP contribution in [0.5, 0.6) is 0 Å². The van der Waals surface area contributed by atoms with Gasteiger partial charge in [0.2, 0.25) is 5.91 Å². The van der Waals surface area contributed by atoms with Crippen molar-refractivity contribution >= 4 is 18.3 Å². The number of nitrogens with zero attached hydrogens (tertiary/aromatic N) is 1. The van der Waals surface area contributed by atoms with Gasteiger partial charge in [-0.05, 0) is 49.4 Å². The summed E-state index contributed by atoms with van der Waals surface area (Å²) in [6.07, 6.45) is 3.20. The van der Waals surface area contributed by atoms with Gasteiger partial charge in [0, 0.05) is 19.0 Å². The number of halogens is 1. The summed E-state index contributed by atoms with van der Waals surface area (Å²) < 4.78 is 0. The lowest BCUT2D eigenvalue weighted by Gasteiger charge is -2.38. The Kier molecular flexibility index (Phi) is 5.28. The van der Waals surface area contributed by atoms with E-state index >= 15 is 0 Å². The van der Waals surface area contributed by atoms with E-state index in [0.717, 1.165) is 32.4 Å². The number of carbonyl (C=O) groups is 1. The molecule has 21 heavy (non-hydrogen) atoms. The first-order valence-electron chi connectivity index (χ1n) is 7.71. The molecule has 1 aliphatic carbocycles. The van der Waals surface area contributed by atoms with E-state index in [9.17, 15) is 4.79 Å². The Morgan fingerprint density at radius 3 is 2.57 bits per heavy atom. The fourth-order valence-electron chi connectivity index (χ4n) is 3.38. The molecule has 0 radical (unpaired) electrons. The summed E-state index contributed by atoms with van der Waals surface area (Å²) in [7, 11) is 1.99. The summed E-state index contributed by atoms with van der Waals surface area (Å²) in [5, 5.41) is 3.26. The number of hydrogen-bond donors (Lipinski definition) is 1. The van der Waals surface area contributed by atoms with E-state index in [1.54, 1.807) is 0 Å². The van der Waals surface area contributed by atoms with Crippen LogP contribution in [0.4, 0.5) is 0 Å². The molecule has 0 bridgehead atoms. The Morgan fingerprint density at radius 1 is 1.29 bits per heavy atom. The molecule has 1 aliphatic heterocycles. The molecular weight excluding hydrogens is 284 g/mol. The molecule has 1 heterocycles. The maximum atomic E-state index is 12.6. The third-order valence-electron chi connectivity index (χ3n) is 5.13. The van der Waals surface area contributed by atoms with Crippen LogP contribution >= 0.6 is 12.4 Å². The summed E-state index contributed by atoms with van der Waals surface area (Å²) >= 11 is 0. The average molecular weight is 309 g/mol. The van der Waals surface area contributed by atoms with Crippen molar-refractivity contribution in [3.05, 3.63) is 35.4 Å². The van der Waals surface area contributed by atoms with Gasteiger partial charge in [-0.3, -0.25) is 4.79 Å². The van der Waals surface area contributed by atoms with Gasteiger partial charge in [-0.25, -0.2) is 0 Å². The van der Waals surface area contributed by atoms with Crippen molar-refractivity contribution in [2.24, 2.45) is 11.8 Å². The molecule has 1 fully saturated rings. The number of likely N-dealkylation sites (N-methyl/N-ethyl adjacent to an activating group) is 1. The molecule has 0 spiro atoms. The number of aryl methyl sites for hydroxylation is 1. The fraction of sp³-hybridized carbons (Fsp3) is 0.588. The Labute approximate surface area is 133 Å². The Bertz CT molecular complexity index is 501. The Balaban J connectivity index is 0.00000161. The number of benzene rings is 1. The minimum atomic E-state index is 0. The molecule has 4 heteroatoms. The third-order valence-corrected chi connectivity index (χ3v) is 5.13. The summed E-state index contributed by atoms with van der Waals surface area (Å²) in [5.74, 6) is 1.00. The number of nitrogens with one attached hydrogen (secondary N) is 1. The van der Waals surface area contributed by atoms with Crippen LogP contribution in [-0.2, 0) is 17.6 Å². The minimum absolute atomic E-state index is 0. The van der Waals surface area contributed by atoms with E-state index in [1.165, 1.54) is 11.1 Å². The number of carbonyl (C=O) groups excluding carboxylic acids is 1. The Morgan fingerprint density at radius 2 is 1.95 bits per heavy atom. The van der Waals surface area contributed by atoms with Gasteiger partial charge in [0.1, 0.15) is 0 Å². The van der Waals surface area contributed by atoms with Gasteiger partial charge >= 0.3 is 0 Å². The van der Waals surface area contributed by atoms with Gasteiger partial charge in [-0.1, -0.05) is 31.2 Å². The van der Waals surface area contributed by atoms with Crippen molar-refractivity contribution in [3.8, 4) is 0 Å². The molecule has 1 aromatic rings. The van der Waals surface area contributed by atoms with Crippen LogP contribution < -0.4 is 5.32 Å². The molecule has 2 aliphatic rings. The first-order valence-corrected chi connectivity index (χ1v) is 7.71. The molecular formula is C17H25ClN2O. The number of fused-ring (bicyclic) bond motifs is 1. The zero-order valence-corrected chi connectivity index (χ0v) is 13.7. The number of hydrogen-bond acceptors (Lipinski definition) is 2. The van der Waals surface area contributed by atoms with Gasteiger partial charge < -0.3 is 10.2 Å². The largest absolute Gasteiger partial charge is 0.342 e. The highest BCUT2D eigenvalue weighted by atomic mass is 35.5. The fourth-order valence-corrected chi connectivity index (χ4v) is 3.38. The first-order chi connectivity index (χ1) is 9.66. The van der Waals surface area contributed by atoms with Gasteiger partial charge in [-0.15, -0.1) is 12.4 Å². The SMILES string of the molecule is CC(C(=O)N(C)C1CCc2ccccc2C1)C1CNC1.Cl. The highest BCUT2D eigenvalue weighted by Crippen LogP contribution is 2.26. The molecule has 116 valence electrons.